The molecule has 2 rings (SSSR count). The zero-order valence-corrected chi connectivity index (χ0v) is 12.2. The number of rotatable bonds is 4. The maximum atomic E-state index is 12.8. The molecule has 1 atom stereocenters. The highest BCUT2D eigenvalue weighted by atomic mass is 32.1. The normalized spacial score (nSPS) is 12.0. The maximum Gasteiger partial charge on any atom is 0.234 e. The molecule has 2 aromatic rings. The monoisotopic (exact) mass is 307 g/mol. The second-order valence-electron chi connectivity index (χ2n) is 4.47. The van der Waals surface area contributed by atoms with Gasteiger partial charge in [-0.1, -0.05) is 0 Å². The largest absolute Gasteiger partial charge is 0.544 e. The molecule has 1 amide bonds. The first-order valence-corrected chi connectivity index (χ1v) is 6.95. The fraction of sp³-hybridized carbons (Fsp3) is 0.214. The number of aromatic carboxylic acids is 1. The Balaban J connectivity index is 2.13. The fourth-order valence-corrected chi connectivity index (χ4v) is 2.64. The standard InChI is InChI=1S/C14H13FN2O3S/c1-7(13-16-8(2)11(21-13)14(19)20)12(18)17-10-5-3-9(15)4-6-10/h3-7H,1-2H3,(H,17,18)(H,19,20)/p-1/t7-/m0/s1. The van der Waals surface area contributed by atoms with Crippen LogP contribution in [-0.4, -0.2) is 16.9 Å². The third kappa shape index (κ3) is 3.43. The number of nitrogens with zero attached hydrogens (tertiary/aromatic N) is 1. The highest BCUT2D eigenvalue weighted by molar-refractivity contribution is 7.13. The molecule has 7 heteroatoms. The number of nitrogens with one attached hydrogen (secondary N) is 1. The number of halogens is 1. The van der Waals surface area contributed by atoms with Gasteiger partial charge in [-0.2, -0.15) is 0 Å². The Hall–Kier alpha value is -2.28. The molecule has 1 heterocycles. The van der Waals surface area contributed by atoms with Crippen molar-refractivity contribution < 1.29 is 19.1 Å². The van der Waals surface area contributed by atoms with Crippen molar-refractivity contribution in [3.05, 3.63) is 45.7 Å². The van der Waals surface area contributed by atoms with E-state index in [1.54, 1.807) is 13.8 Å². The van der Waals surface area contributed by atoms with E-state index in [-0.39, 0.29) is 10.8 Å². The van der Waals surface area contributed by atoms with Gasteiger partial charge in [0.25, 0.3) is 0 Å². The minimum absolute atomic E-state index is 0.0198. The van der Waals surface area contributed by atoms with Gasteiger partial charge in [0.1, 0.15) is 10.8 Å². The van der Waals surface area contributed by atoms with E-state index >= 15 is 0 Å². The predicted molar refractivity (Wildman–Crippen MR) is 74.6 cm³/mol. The van der Waals surface area contributed by atoms with Crippen LogP contribution in [0.1, 0.15) is 33.2 Å². The summed E-state index contributed by atoms with van der Waals surface area (Å²) in [5, 5.41) is 13.9. The van der Waals surface area contributed by atoms with Crippen LogP contribution in [0, 0.1) is 12.7 Å². The molecule has 0 saturated heterocycles. The SMILES string of the molecule is Cc1nc([C@@H](C)C(=O)Nc2ccc(F)cc2)sc1C(=O)[O-]. The Morgan fingerprint density at radius 2 is 1.95 bits per heavy atom. The van der Waals surface area contributed by atoms with Crippen LogP contribution in [0.15, 0.2) is 24.3 Å². The number of hydrogen-bond acceptors (Lipinski definition) is 5. The zero-order valence-electron chi connectivity index (χ0n) is 11.3. The highest BCUT2D eigenvalue weighted by Crippen LogP contribution is 2.25. The van der Waals surface area contributed by atoms with Gasteiger partial charge in [-0.3, -0.25) is 4.79 Å². The second kappa shape index (κ2) is 6.01. The summed E-state index contributed by atoms with van der Waals surface area (Å²) in [4.78, 5) is 27.1. The summed E-state index contributed by atoms with van der Waals surface area (Å²) in [7, 11) is 0. The van der Waals surface area contributed by atoms with Gasteiger partial charge >= 0.3 is 0 Å². The van der Waals surface area contributed by atoms with E-state index in [1.807, 2.05) is 0 Å². The van der Waals surface area contributed by atoms with Crippen LogP contribution in [-0.2, 0) is 4.79 Å². The van der Waals surface area contributed by atoms with E-state index < -0.39 is 17.7 Å². The lowest BCUT2D eigenvalue weighted by Crippen LogP contribution is -2.21. The fourth-order valence-electron chi connectivity index (χ4n) is 1.69. The first-order chi connectivity index (χ1) is 9.88. The Morgan fingerprint density at radius 1 is 1.33 bits per heavy atom. The predicted octanol–water partition coefficient (Wildman–Crippen LogP) is 1.70. The lowest BCUT2D eigenvalue weighted by atomic mass is 10.1. The van der Waals surface area contributed by atoms with Gasteiger partial charge in [-0.25, -0.2) is 9.37 Å². The number of carbonyl (C=O) groups excluding carboxylic acids is 2. The molecule has 1 N–H and O–H groups in total. The van der Waals surface area contributed by atoms with Gasteiger partial charge in [-0.05, 0) is 38.1 Å². The van der Waals surface area contributed by atoms with Crippen molar-refractivity contribution in [3.63, 3.8) is 0 Å². The number of benzene rings is 1. The molecule has 0 fully saturated rings. The van der Waals surface area contributed by atoms with Crippen LogP contribution in [0.5, 0.6) is 0 Å². The number of amides is 1. The molecule has 5 nitrogen and oxygen atoms in total. The number of aromatic nitrogens is 1. The molecule has 0 unspecified atom stereocenters. The third-order valence-corrected chi connectivity index (χ3v) is 4.19. The molecule has 0 bridgehead atoms. The number of aryl methyl sites for hydroxylation is 1. The van der Waals surface area contributed by atoms with Crippen LogP contribution >= 0.6 is 11.3 Å². The molecule has 110 valence electrons. The number of carboxylic acids is 1. The first-order valence-electron chi connectivity index (χ1n) is 6.13. The van der Waals surface area contributed by atoms with Gasteiger partial charge in [-0.15, -0.1) is 11.3 Å². The molecule has 1 aromatic heterocycles. The molecule has 1 aromatic carbocycles. The molecule has 0 radical (unpaired) electrons. The van der Waals surface area contributed by atoms with E-state index in [4.69, 9.17) is 0 Å². The summed E-state index contributed by atoms with van der Waals surface area (Å²) in [6, 6.07) is 5.36. The summed E-state index contributed by atoms with van der Waals surface area (Å²) in [5.41, 5.74) is 0.790. The highest BCUT2D eigenvalue weighted by Gasteiger charge is 2.21. The van der Waals surface area contributed by atoms with Crippen molar-refractivity contribution in [3.8, 4) is 0 Å². The molecule has 0 aliphatic carbocycles. The van der Waals surface area contributed by atoms with Crippen molar-refractivity contribution in [2.24, 2.45) is 0 Å². The smallest absolute Gasteiger partial charge is 0.234 e. The van der Waals surface area contributed by atoms with Crippen LogP contribution in [0.25, 0.3) is 0 Å². The zero-order chi connectivity index (χ0) is 15.6. The Morgan fingerprint density at radius 3 is 2.48 bits per heavy atom. The number of anilines is 1. The van der Waals surface area contributed by atoms with Crippen molar-refractivity contribution in [1.82, 2.24) is 4.98 Å². The Bertz CT molecular complexity index is 682. The van der Waals surface area contributed by atoms with Crippen molar-refractivity contribution >= 4 is 28.9 Å². The molecular formula is C14H12FN2O3S-. The lowest BCUT2D eigenvalue weighted by molar-refractivity contribution is -0.254. The van der Waals surface area contributed by atoms with Gasteiger partial charge in [0.05, 0.1) is 22.5 Å². The number of thiazole rings is 1. The Kier molecular flexibility index (Phi) is 4.32. The Labute approximate surface area is 124 Å². The van der Waals surface area contributed by atoms with E-state index in [0.717, 1.165) is 11.3 Å². The topological polar surface area (TPSA) is 82.1 Å². The van der Waals surface area contributed by atoms with Crippen molar-refractivity contribution in [1.29, 1.82) is 0 Å². The molecule has 0 aliphatic heterocycles. The number of carbonyl (C=O) groups is 2. The lowest BCUT2D eigenvalue weighted by Gasteiger charge is -2.09. The summed E-state index contributed by atoms with van der Waals surface area (Å²) in [6.07, 6.45) is 0. The second-order valence-corrected chi connectivity index (χ2v) is 5.50. The minimum atomic E-state index is -1.30. The van der Waals surface area contributed by atoms with Crippen LogP contribution in [0.3, 0.4) is 0 Å². The summed E-state index contributed by atoms with van der Waals surface area (Å²) in [5.74, 6) is -2.66. The maximum absolute atomic E-state index is 12.8. The van der Waals surface area contributed by atoms with E-state index in [1.165, 1.54) is 24.3 Å². The van der Waals surface area contributed by atoms with Gasteiger partial charge in [0.2, 0.25) is 5.91 Å². The van der Waals surface area contributed by atoms with E-state index in [0.29, 0.717) is 16.4 Å². The molecular weight excluding hydrogens is 295 g/mol. The molecule has 0 saturated carbocycles. The summed E-state index contributed by atoms with van der Waals surface area (Å²) in [6.45, 7) is 3.17. The van der Waals surface area contributed by atoms with Gasteiger partial charge in [0, 0.05) is 5.69 Å². The van der Waals surface area contributed by atoms with Crippen LogP contribution in [0.2, 0.25) is 0 Å². The van der Waals surface area contributed by atoms with Crippen LogP contribution < -0.4 is 10.4 Å². The summed E-state index contributed by atoms with van der Waals surface area (Å²) < 4.78 is 12.8. The van der Waals surface area contributed by atoms with Gasteiger partial charge in [0.15, 0.2) is 0 Å². The minimum Gasteiger partial charge on any atom is -0.544 e. The quantitative estimate of drug-likeness (QED) is 0.932. The van der Waals surface area contributed by atoms with Crippen molar-refractivity contribution in [2.75, 3.05) is 5.32 Å². The van der Waals surface area contributed by atoms with Crippen LogP contribution in [0.4, 0.5) is 10.1 Å². The van der Waals surface area contributed by atoms with E-state index in [2.05, 4.69) is 10.3 Å². The number of hydrogen-bond donors (Lipinski definition) is 1. The van der Waals surface area contributed by atoms with Crippen molar-refractivity contribution in [2.45, 2.75) is 19.8 Å². The average Bonchev–Trinajstić information content (AvgIpc) is 2.82. The first kappa shape index (κ1) is 15.1. The molecule has 0 aliphatic rings. The molecule has 21 heavy (non-hydrogen) atoms. The average molecular weight is 307 g/mol. The van der Waals surface area contributed by atoms with E-state index in [9.17, 15) is 19.1 Å². The van der Waals surface area contributed by atoms with Gasteiger partial charge < -0.3 is 15.2 Å². The number of carboxylic acid groups (broad SMARTS) is 1. The third-order valence-electron chi connectivity index (χ3n) is 2.87. The summed E-state index contributed by atoms with van der Waals surface area (Å²) >= 11 is 0.923. The molecule has 0 spiro atoms.